The van der Waals surface area contributed by atoms with Crippen LogP contribution in [0.5, 0.6) is 5.75 Å². The molecule has 0 atom stereocenters. The minimum absolute atomic E-state index is 0.00314. The van der Waals surface area contributed by atoms with E-state index in [-0.39, 0.29) is 23.7 Å². The molecule has 0 spiro atoms. The number of hydrogen-bond acceptors (Lipinski definition) is 4. The number of aromatic carboxylic acids is 1. The normalized spacial score (nSPS) is 9.16. The summed E-state index contributed by atoms with van der Waals surface area (Å²) in [6, 6.07) is 4.49. The lowest BCUT2D eigenvalue weighted by atomic mass is 10.1. The lowest BCUT2D eigenvalue weighted by molar-refractivity contribution is -0.141. The Balaban J connectivity index is 2.83. The topological polar surface area (TPSA) is 72.8 Å². The lowest BCUT2D eigenvalue weighted by Gasteiger charge is -2.04. The van der Waals surface area contributed by atoms with Crippen molar-refractivity contribution in [1.29, 1.82) is 0 Å². The van der Waals surface area contributed by atoms with Crippen LogP contribution < -0.4 is 4.74 Å². The van der Waals surface area contributed by atoms with Crippen LogP contribution in [-0.2, 0) is 9.53 Å². The minimum atomic E-state index is -1.07. The van der Waals surface area contributed by atoms with Crippen LogP contribution in [0.15, 0.2) is 18.2 Å². The summed E-state index contributed by atoms with van der Waals surface area (Å²) < 4.78 is 9.70. The molecule has 0 bridgehead atoms. The van der Waals surface area contributed by atoms with Crippen LogP contribution in [0.25, 0.3) is 0 Å². The number of hydrogen-bond donors (Lipinski definition) is 1. The Kier molecular flexibility index (Phi) is 5.42. The number of carbonyl (C=O) groups excluding carboxylic acids is 1. The first-order valence-electron chi connectivity index (χ1n) is 5.64. The van der Waals surface area contributed by atoms with Gasteiger partial charge in [0.05, 0.1) is 13.7 Å². The Hall–Kier alpha value is -2.48. The second-order valence-electron chi connectivity index (χ2n) is 3.50. The van der Waals surface area contributed by atoms with Crippen LogP contribution in [0.4, 0.5) is 0 Å². The molecule has 0 aliphatic heterocycles. The summed E-state index contributed by atoms with van der Waals surface area (Å²) >= 11 is 0. The van der Waals surface area contributed by atoms with Crippen molar-refractivity contribution in [2.45, 2.75) is 13.3 Å². The highest BCUT2D eigenvalue weighted by atomic mass is 16.5. The average Bonchev–Trinajstić information content (AvgIpc) is 2.38. The predicted octanol–water partition coefficient (Wildman–Crippen LogP) is 1.70. The Morgan fingerprint density at radius 3 is 2.68 bits per heavy atom. The van der Waals surface area contributed by atoms with Gasteiger partial charge in [0.25, 0.3) is 0 Å². The number of methoxy groups -OCH3 is 1. The van der Waals surface area contributed by atoms with Crippen LogP contribution in [-0.4, -0.2) is 30.8 Å². The molecule has 0 aliphatic carbocycles. The molecule has 5 nitrogen and oxygen atoms in total. The highest BCUT2D eigenvalue weighted by Crippen LogP contribution is 2.19. The third-order valence-corrected chi connectivity index (χ3v) is 2.20. The van der Waals surface area contributed by atoms with Crippen molar-refractivity contribution in [3.63, 3.8) is 0 Å². The molecule has 0 radical (unpaired) electrons. The molecule has 1 N–H and O–H groups in total. The summed E-state index contributed by atoms with van der Waals surface area (Å²) in [4.78, 5) is 22.0. The number of benzene rings is 1. The van der Waals surface area contributed by atoms with Gasteiger partial charge >= 0.3 is 11.9 Å². The average molecular weight is 262 g/mol. The van der Waals surface area contributed by atoms with Gasteiger partial charge in [-0.25, -0.2) is 4.79 Å². The summed E-state index contributed by atoms with van der Waals surface area (Å²) in [6.07, 6.45) is -0.00314. The van der Waals surface area contributed by atoms with Crippen molar-refractivity contribution >= 4 is 11.9 Å². The number of carboxylic acid groups (broad SMARTS) is 1. The van der Waals surface area contributed by atoms with Crippen molar-refractivity contribution < 1.29 is 24.2 Å². The second-order valence-corrected chi connectivity index (χ2v) is 3.50. The number of esters is 1. The molecule has 1 aromatic carbocycles. The van der Waals surface area contributed by atoms with Crippen LogP contribution in [0.2, 0.25) is 0 Å². The third-order valence-electron chi connectivity index (χ3n) is 2.20. The van der Waals surface area contributed by atoms with Gasteiger partial charge in [-0.2, -0.15) is 0 Å². The van der Waals surface area contributed by atoms with Crippen molar-refractivity contribution in [2.75, 3.05) is 13.7 Å². The van der Waals surface area contributed by atoms with E-state index in [2.05, 4.69) is 11.8 Å². The first kappa shape index (κ1) is 14.6. The fraction of sp³-hybridized carbons (Fsp3) is 0.286. The summed E-state index contributed by atoms with van der Waals surface area (Å²) in [5.41, 5.74) is 0.643. The first-order valence-corrected chi connectivity index (χ1v) is 5.64. The van der Waals surface area contributed by atoms with Gasteiger partial charge in [-0.1, -0.05) is 11.8 Å². The van der Waals surface area contributed by atoms with Gasteiger partial charge < -0.3 is 14.6 Å². The fourth-order valence-electron chi connectivity index (χ4n) is 1.38. The van der Waals surface area contributed by atoms with Gasteiger partial charge in [0.15, 0.2) is 0 Å². The molecule has 1 aromatic rings. The van der Waals surface area contributed by atoms with E-state index in [9.17, 15) is 9.59 Å². The van der Waals surface area contributed by atoms with Crippen molar-refractivity contribution in [3.8, 4) is 17.6 Å². The molecular weight excluding hydrogens is 248 g/mol. The largest absolute Gasteiger partial charge is 0.496 e. The maximum atomic E-state index is 11.1. The summed E-state index contributed by atoms with van der Waals surface area (Å²) in [6.45, 7) is 2.04. The molecule has 1 rings (SSSR count). The smallest absolute Gasteiger partial charge is 0.339 e. The molecule has 0 fully saturated rings. The van der Waals surface area contributed by atoms with Gasteiger partial charge in [-0.15, -0.1) is 0 Å². The number of carboxylic acids is 1. The SMILES string of the molecule is CCOC(=O)CC#Cc1ccc(C(=O)O)c(OC)c1. The van der Waals surface area contributed by atoms with Gasteiger partial charge in [0.2, 0.25) is 0 Å². The van der Waals surface area contributed by atoms with E-state index < -0.39 is 5.97 Å². The maximum Gasteiger partial charge on any atom is 0.339 e. The van der Waals surface area contributed by atoms with Crippen LogP contribution >= 0.6 is 0 Å². The van der Waals surface area contributed by atoms with Gasteiger partial charge in [-0.05, 0) is 25.1 Å². The maximum absolute atomic E-state index is 11.1. The standard InChI is InChI=1S/C14H14O5/c1-3-19-13(15)6-4-5-10-7-8-11(14(16)17)12(9-10)18-2/h7-9H,3,6H2,1-2H3,(H,16,17). The molecule has 0 aliphatic rings. The molecule has 0 heterocycles. The van der Waals surface area contributed by atoms with Crippen molar-refractivity contribution in [1.82, 2.24) is 0 Å². The van der Waals surface area contributed by atoms with E-state index in [1.54, 1.807) is 13.0 Å². The molecule has 0 saturated carbocycles. The molecule has 0 saturated heterocycles. The number of carbonyl (C=O) groups is 2. The Bertz CT molecular complexity index is 537. The van der Waals surface area contributed by atoms with Crippen LogP contribution in [0.3, 0.4) is 0 Å². The van der Waals surface area contributed by atoms with E-state index >= 15 is 0 Å². The minimum Gasteiger partial charge on any atom is -0.496 e. The van der Waals surface area contributed by atoms with Crippen molar-refractivity contribution in [3.05, 3.63) is 29.3 Å². The van der Waals surface area contributed by atoms with Gasteiger partial charge in [0, 0.05) is 5.56 Å². The van der Waals surface area contributed by atoms with Crippen LogP contribution in [0, 0.1) is 11.8 Å². The zero-order valence-corrected chi connectivity index (χ0v) is 10.7. The molecule has 0 amide bonds. The van der Waals surface area contributed by atoms with E-state index in [1.807, 2.05) is 0 Å². The van der Waals surface area contributed by atoms with Crippen molar-refractivity contribution in [2.24, 2.45) is 0 Å². The quantitative estimate of drug-likeness (QED) is 0.660. The van der Waals surface area contributed by atoms with E-state index in [0.717, 1.165) is 0 Å². The molecule has 100 valence electrons. The fourth-order valence-corrected chi connectivity index (χ4v) is 1.38. The second kappa shape index (κ2) is 7.07. The Morgan fingerprint density at radius 2 is 2.11 bits per heavy atom. The zero-order valence-electron chi connectivity index (χ0n) is 10.7. The molecule has 19 heavy (non-hydrogen) atoms. The van der Waals surface area contributed by atoms with Gasteiger partial charge in [0.1, 0.15) is 17.7 Å². The lowest BCUT2D eigenvalue weighted by Crippen LogP contribution is -2.02. The predicted molar refractivity (Wildman–Crippen MR) is 68.1 cm³/mol. The highest BCUT2D eigenvalue weighted by molar-refractivity contribution is 5.91. The van der Waals surface area contributed by atoms with Crippen LogP contribution in [0.1, 0.15) is 29.3 Å². The highest BCUT2D eigenvalue weighted by Gasteiger charge is 2.10. The first-order chi connectivity index (χ1) is 9.08. The van der Waals surface area contributed by atoms with Gasteiger partial charge in [-0.3, -0.25) is 4.79 Å². The monoisotopic (exact) mass is 262 g/mol. The summed E-state index contributed by atoms with van der Waals surface area (Å²) in [5, 5.41) is 8.92. The number of rotatable bonds is 4. The van der Waals surface area contributed by atoms with E-state index in [1.165, 1.54) is 19.2 Å². The molecule has 0 aromatic heterocycles. The van der Waals surface area contributed by atoms with E-state index in [4.69, 9.17) is 14.6 Å². The van der Waals surface area contributed by atoms with E-state index in [0.29, 0.717) is 12.2 Å². The zero-order chi connectivity index (χ0) is 14.3. The summed E-state index contributed by atoms with van der Waals surface area (Å²) in [7, 11) is 1.39. The third kappa shape index (κ3) is 4.36. The number of ether oxygens (including phenoxy) is 2. The summed E-state index contributed by atoms with van der Waals surface area (Å²) in [5.74, 6) is 4.19. The Labute approximate surface area is 111 Å². The molecule has 5 heteroatoms. The molecule has 0 unspecified atom stereocenters. The Morgan fingerprint density at radius 1 is 1.37 bits per heavy atom. The molecular formula is C14H14O5.